The molecule has 0 radical (unpaired) electrons. The summed E-state index contributed by atoms with van der Waals surface area (Å²) in [4.78, 5) is 0. The van der Waals surface area contributed by atoms with E-state index in [9.17, 15) is 0 Å². The molecule has 3 heteroatoms. The first kappa shape index (κ1) is 11.9. The van der Waals surface area contributed by atoms with Crippen LogP contribution in [-0.2, 0) is 0 Å². The van der Waals surface area contributed by atoms with Crippen molar-refractivity contribution in [1.82, 2.24) is 0 Å². The first-order valence-electron chi connectivity index (χ1n) is 4.32. The highest BCUT2D eigenvalue weighted by Crippen LogP contribution is 1.97. The molecule has 0 heterocycles. The molecule has 0 aliphatic heterocycles. The number of rotatable bonds is 2. The van der Waals surface area contributed by atoms with Crippen LogP contribution in [0.3, 0.4) is 0 Å². The molecule has 2 nitrogen and oxygen atoms in total. The lowest BCUT2D eigenvalue weighted by atomic mass is 9.80. The summed E-state index contributed by atoms with van der Waals surface area (Å²) in [6.45, 7) is 7.58. The van der Waals surface area contributed by atoms with Gasteiger partial charge in [0, 0.05) is 0 Å². The van der Waals surface area contributed by atoms with E-state index in [1.165, 1.54) is 0 Å². The van der Waals surface area contributed by atoms with Crippen LogP contribution in [0, 0.1) is 0 Å². The summed E-state index contributed by atoms with van der Waals surface area (Å²) in [5.41, 5.74) is 1.46. The van der Waals surface area contributed by atoms with Gasteiger partial charge in [0.2, 0.25) is 0 Å². The van der Waals surface area contributed by atoms with Crippen molar-refractivity contribution in [3.8, 4) is 0 Å². The molecule has 0 saturated carbocycles. The number of benzene rings is 1. The second-order valence-corrected chi connectivity index (χ2v) is 2.24. The van der Waals surface area contributed by atoms with Crippen molar-refractivity contribution >= 4 is 18.7 Å². The third-order valence-electron chi connectivity index (χ3n) is 1.47. The molecule has 1 aromatic rings. The number of hydrogen-bond donors (Lipinski definition) is 2. The van der Waals surface area contributed by atoms with Crippen molar-refractivity contribution in [1.29, 1.82) is 0 Å². The van der Waals surface area contributed by atoms with Gasteiger partial charge >= 0.3 is 7.12 Å². The van der Waals surface area contributed by atoms with E-state index in [2.05, 4.69) is 6.58 Å². The zero-order chi connectivity index (χ0) is 10.3. The molecule has 13 heavy (non-hydrogen) atoms. The van der Waals surface area contributed by atoms with Crippen molar-refractivity contribution in [2.45, 2.75) is 13.8 Å². The topological polar surface area (TPSA) is 40.5 Å². The van der Waals surface area contributed by atoms with Crippen LogP contribution in [0.4, 0.5) is 0 Å². The molecular weight excluding hydrogens is 163 g/mol. The van der Waals surface area contributed by atoms with E-state index in [-0.39, 0.29) is 0 Å². The molecule has 0 amide bonds. The maximum atomic E-state index is 8.72. The van der Waals surface area contributed by atoms with Gasteiger partial charge in [-0.1, -0.05) is 50.8 Å². The Hall–Kier alpha value is -1.06. The minimum absolute atomic E-state index is 0.496. The molecule has 0 saturated heterocycles. The van der Waals surface area contributed by atoms with Gasteiger partial charge < -0.3 is 10.0 Å². The molecule has 0 bridgehead atoms. The molecule has 0 fully saturated rings. The van der Waals surface area contributed by atoms with Gasteiger partial charge in [0.1, 0.15) is 0 Å². The van der Waals surface area contributed by atoms with Crippen LogP contribution in [0.5, 0.6) is 0 Å². The third kappa shape index (κ3) is 3.92. The molecular formula is C10H15BO2. The Morgan fingerprint density at radius 1 is 1.15 bits per heavy atom. The molecule has 1 aromatic carbocycles. The van der Waals surface area contributed by atoms with Crippen LogP contribution in [-0.4, -0.2) is 17.2 Å². The second-order valence-electron chi connectivity index (χ2n) is 2.24. The Balaban J connectivity index is 0.000000671. The number of hydrogen-bond acceptors (Lipinski definition) is 2. The predicted molar refractivity (Wildman–Crippen MR) is 57.7 cm³/mol. The minimum Gasteiger partial charge on any atom is -0.423 e. The normalized spacial score (nSPS) is 8.31. The molecule has 70 valence electrons. The fourth-order valence-corrected chi connectivity index (χ4v) is 0.804. The Morgan fingerprint density at radius 2 is 1.62 bits per heavy atom. The van der Waals surface area contributed by atoms with E-state index in [4.69, 9.17) is 10.0 Å². The molecule has 0 atom stereocenters. The van der Waals surface area contributed by atoms with Crippen LogP contribution in [0.1, 0.15) is 19.4 Å². The summed E-state index contributed by atoms with van der Waals surface area (Å²) in [7, 11) is -1.38. The van der Waals surface area contributed by atoms with E-state index in [0.717, 1.165) is 5.56 Å². The summed E-state index contributed by atoms with van der Waals surface area (Å²) in [5.74, 6) is 0. The van der Waals surface area contributed by atoms with E-state index in [1.54, 1.807) is 30.3 Å². The Labute approximate surface area is 79.7 Å². The van der Waals surface area contributed by atoms with Gasteiger partial charge in [0.05, 0.1) is 0 Å². The molecule has 1 rings (SSSR count). The standard InChI is InChI=1S/C8H9BO2.C2H6/c1-2-7-3-5-8(6-4-7)9(10)11;1-2/h2-6,10-11H,1H2;1-2H3. The van der Waals surface area contributed by atoms with Gasteiger partial charge in [-0.2, -0.15) is 0 Å². The molecule has 0 aliphatic rings. The highest BCUT2D eigenvalue weighted by atomic mass is 16.4. The maximum absolute atomic E-state index is 8.72. The molecule has 0 spiro atoms. The van der Waals surface area contributed by atoms with Crippen molar-refractivity contribution in [2.24, 2.45) is 0 Å². The highest BCUT2D eigenvalue weighted by Gasteiger charge is 2.08. The maximum Gasteiger partial charge on any atom is 0.488 e. The van der Waals surface area contributed by atoms with Gasteiger partial charge in [0.15, 0.2) is 0 Å². The summed E-state index contributed by atoms with van der Waals surface area (Å²) in [6.07, 6.45) is 1.70. The smallest absolute Gasteiger partial charge is 0.423 e. The summed E-state index contributed by atoms with van der Waals surface area (Å²) < 4.78 is 0. The fraction of sp³-hybridized carbons (Fsp3) is 0.200. The zero-order valence-corrected chi connectivity index (χ0v) is 8.07. The average molecular weight is 178 g/mol. The van der Waals surface area contributed by atoms with Crippen LogP contribution < -0.4 is 5.46 Å². The average Bonchev–Trinajstić information content (AvgIpc) is 2.21. The molecule has 2 N–H and O–H groups in total. The summed E-state index contributed by atoms with van der Waals surface area (Å²) in [6, 6.07) is 6.87. The van der Waals surface area contributed by atoms with Crippen LogP contribution >= 0.6 is 0 Å². The predicted octanol–water partition coefficient (Wildman–Crippen LogP) is 1.04. The third-order valence-corrected chi connectivity index (χ3v) is 1.47. The lowest BCUT2D eigenvalue weighted by molar-refractivity contribution is 0.426. The van der Waals surface area contributed by atoms with Crippen molar-refractivity contribution < 1.29 is 10.0 Å². The highest BCUT2D eigenvalue weighted by molar-refractivity contribution is 6.58. The molecule has 0 aromatic heterocycles. The minimum atomic E-state index is -1.38. The zero-order valence-electron chi connectivity index (χ0n) is 8.07. The summed E-state index contributed by atoms with van der Waals surface area (Å²) >= 11 is 0. The molecule has 0 aliphatic carbocycles. The lowest BCUT2D eigenvalue weighted by Gasteiger charge is -1.98. The van der Waals surface area contributed by atoms with Gasteiger partial charge in [-0.25, -0.2) is 0 Å². The van der Waals surface area contributed by atoms with E-state index in [1.807, 2.05) is 13.8 Å². The van der Waals surface area contributed by atoms with Crippen LogP contribution in [0.15, 0.2) is 30.8 Å². The van der Waals surface area contributed by atoms with Crippen molar-refractivity contribution in [3.63, 3.8) is 0 Å². The van der Waals surface area contributed by atoms with Crippen LogP contribution in [0.2, 0.25) is 0 Å². The van der Waals surface area contributed by atoms with Gasteiger partial charge in [-0.3, -0.25) is 0 Å². The molecule has 0 unspecified atom stereocenters. The van der Waals surface area contributed by atoms with Crippen molar-refractivity contribution in [2.75, 3.05) is 0 Å². The fourth-order valence-electron chi connectivity index (χ4n) is 0.804. The Morgan fingerprint density at radius 3 is 1.92 bits per heavy atom. The largest absolute Gasteiger partial charge is 0.488 e. The Kier molecular flexibility index (Phi) is 5.94. The van der Waals surface area contributed by atoms with Gasteiger partial charge in [0.25, 0.3) is 0 Å². The lowest BCUT2D eigenvalue weighted by Crippen LogP contribution is -2.29. The summed E-state index contributed by atoms with van der Waals surface area (Å²) in [5, 5.41) is 17.4. The SMILES string of the molecule is C=Cc1ccc(B(O)O)cc1.CC. The van der Waals surface area contributed by atoms with Gasteiger partial charge in [-0.05, 0) is 11.0 Å². The van der Waals surface area contributed by atoms with E-state index in [0.29, 0.717) is 5.46 Å². The van der Waals surface area contributed by atoms with Gasteiger partial charge in [-0.15, -0.1) is 0 Å². The van der Waals surface area contributed by atoms with Crippen molar-refractivity contribution in [3.05, 3.63) is 36.4 Å². The second kappa shape index (κ2) is 6.46. The monoisotopic (exact) mass is 178 g/mol. The Bertz CT molecular complexity index is 242. The van der Waals surface area contributed by atoms with E-state index < -0.39 is 7.12 Å². The van der Waals surface area contributed by atoms with E-state index >= 15 is 0 Å². The quantitative estimate of drug-likeness (QED) is 0.664. The first-order chi connectivity index (χ1) is 6.24. The first-order valence-corrected chi connectivity index (χ1v) is 4.32. The van der Waals surface area contributed by atoms with Crippen LogP contribution in [0.25, 0.3) is 6.08 Å².